The standard InChI is InChI=1S/C30H47NO2/c1-5-6-7-8-24-9-11-25(12-10-24)26-13-15-27(16-14-26)28-17-19-29(20-18-28)33-22-21-31(4)30(32)23(2)3/h17-20,24-27H,2,5-16,21-22H2,1,3-4H3. The summed E-state index contributed by atoms with van der Waals surface area (Å²) in [7, 11) is 1.79. The van der Waals surface area contributed by atoms with Gasteiger partial charge in [0, 0.05) is 12.6 Å². The van der Waals surface area contributed by atoms with Crippen molar-refractivity contribution in [2.45, 2.75) is 96.8 Å². The molecule has 184 valence electrons. The molecule has 0 radical (unpaired) electrons. The molecule has 2 aliphatic rings. The Morgan fingerprint density at radius 3 is 2.15 bits per heavy atom. The molecule has 0 heterocycles. The number of carbonyl (C=O) groups is 1. The summed E-state index contributed by atoms with van der Waals surface area (Å²) in [5.41, 5.74) is 2.03. The monoisotopic (exact) mass is 453 g/mol. The quantitative estimate of drug-likeness (QED) is 0.253. The summed E-state index contributed by atoms with van der Waals surface area (Å²) in [6.45, 7) is 8.83. The number of rotatable bonds is 11. The zero-order valence-electron chi connectivity index (χ0n) is 21.5. The lowest BCUT2D eigenvalue weighted by Gasteiger charge is -2.38. The molecule has 0 aliphatic heterocycles. The van der Waals surface area contributed by atoms with Gasteiger partial charge in [-0.05, 0) is 86.8 Å². The molecule has 0 atom stereocenters. The van der Waals surface area contributed by atoms with Crippen LogP contribution in [0, 0.1) is 17.8 Å². The highest BCUT2D eigenvalue weighted by atomic mass is 16.5. The third-order valence-corrected chi connectivity index (χ3v) is 8.30. The second kappa shape index (κ2) is 13.2. The maximum absolute atomic E-state index is 11.9. The van der Waals surface area contributed by atoms with E-state index in [2.05, 4.69) is 37.8 Å². The van der Waals surface area contributed by atoms with Gasteiger partial charge in [-0.3, -0.25) is 4.79 Å². The fourth-order valence-corrected chi connectivity index (χ4v) is 6.12. The van der Waals surface area contributed by atoms with Gasteiger partial charge in [0.1, 0.15) is 12.4 Å². The van der Waals surface area contributed by atoms with E-state index in [4.69, 9.17) is 4.74 Å². The average Bonchev–Trinajstić information content (AvgIpc) is 2.84. The van der Waals surface area contributed by atoms with Crippen molar-refractivity contribution in [2.75, 3.05) is 20.2 Å². The van der Waals surface area contributed by atoms with Crippen LogP contribution in [0.3, 0.4) is 0 Å². The van der Waals surface area contributed by atoms with Gasteiger partial charge in [-0.25, -0.2) is 0 Å². The molecule has 3 rings (SSSR count). The molecule has 0 spiro atoms. The van der Waals surface area contributed by atoms with E-state index in [1.54, 1.807) is 18.9 Å². The molecule has 2 fully saturated rings. The minimum Gasteiger partial charge on any atom is -0.492 e. The third-order valence-electron chi connectivity index (χ3n) is 8.30. The lowest BCUT2D eigenvalue weighted by Crippen LogP contribution is -2.31. The Bertz CT molecular complexity index is 724. The summed E-state index contributed by atoms with van der Waals surface area (Å²) >= 11 is 0. The van der Waals surface area contributed by atoms with E-state index in [1.165, 1.54) is 82.6 Å². The number of carbonyl (C=O) groups excluding carboxylic acids is 1. The third kappa shape index (κ3) is 7.90. The lowest BCUT2D eigenvalue weighted by molar-refractivity contribution is -0.126. The van der Waals surface area contributed by atoms with Crippen molar-refractivity contribution >= 4 is 5.91 Å². The molecule has 0 saturated heterocycles. The van der Waals surface area contributed by atoms with Gasteiger partial charge >= 0.3 is 0 Å². The molecule has 3 nitrogen and oxygen atoms in total. The number of likely N-dealkylation sites (N-methyl/N-ethyl adjacent to an activating group) is 1. The van der Waals surface area contributed by atoms with E-state index in [0.29, 0.717) is 24.6 Å². The van der Waals surface area contributed by atoms with Crippen molar-refractivity contribution < 1.29 is 9.53 Å². The van der Waals surface area contributed by atoms with E-state index in [1.807, 2.05) is 0 Å². The van der Waals surface area contributed by atoms with Gasteiger partial charge in [0.2, 0.25) is 5.91 Å². The lowest BCUT2D eigenvalue weighted by atomic mass is 9.68. The van der Waals surface area contributed by atoms with E-state index in [9.17, 15) is 4.79 Å². The zero-order chi connectivity index (χ0) is 23.6. The first-order valence-corrected chi connectivity index (χ1v) is 13.6. The highest BCUT2D eigenvalue weighted by Gasteiger charge is 2.31. The number of hydrogen-bond acceptors (Lipinski definition) is 2. The summed E-state index contributed by atoms with van der Waals surface area (Å²) in [5.74, 6) is 4.57. The number of hydrogen-bond donors (Lipinski definition) is 0. The molecule has 33 heavy (non-hydrogen) atoms. The van der Waals surface area contributed by atoms with Crippen LogP contribution in [0.25, 0.3) is 0 Å². The van der Waals surface area contributed by atoms with Gasteiger partial charge in [0.15, 0.2) is 0 Å². The van der Waals surface area contributed by atoms with Gasteiger partial charge in [0.25, 0.3) is 0 Å². The minimum atomic E-state index is -0.0235. The fraction of sp³-hybridized carbons (Fsp3) is 0.700. The van der Waals surface area contributed by atoms with Crippen LogP contribution in [-0.2, 0) is 4.79 Å². The molecule has 1 amide bonds. The first kappa shape index (κ1) is 25.8. The van der Waals surface area contributed by atoms with E-state index in [0.717, 1.165) is 23.5 Å². The SMILES string of the molecule is C=C(C)C(=O)N(C)CCOc1ccc(C2CCC(C3CCC(CCCCC)CC3)CC2)cc1. The van der Waals surface area contributed by atoms with Gasteiger partial charge in [0.05, 0.1) is 6.54 Å². The Hall–Kier alpha value is -1.77. The first-order valence-electron chi connectivity index (χ1n) is 13.6. The van der Waals surface area contributed by atoms with Crippen LogP contribution < -0.4 is 4.74 Å². The predicted octanol–water partition coefficient (Wildman–Crippen LogP) is 7.76. The molecule has 1 aromatic carbocycles. The summed E-state index contributed by atoms with van der Waals surface area (Å²) in [5, 5.41) is 0. The normalized spacial score (nSPS) is 25.4. The van der Waals surface area contributed by atoms with Crippen molar-refractivity contribution in [3.8, 4) is 5.75 Å². The zero-order valence-corrected chi connectivity index (χ0v) is 21.5. The minimum absolute atomic E-state index is 0.0235. The van der Waals surface area contributed by atoms with Crippen LogP contribution in [0.1, 0.15) is 102 Å². The maximum Gasteiger partial charge on any atom is 0.248 e. The molecule has 2 aliphatic carbocycles. The number of amides is 1. The van der Waals surface area contributed by atoms with Crippen molar-refractivity contribution in [1.82, 2.24) is 4.90 Å². The second-order valence-electron chi connectivity index (χ2n) is 10.8. The Morgan fingerprint density at radius 2 is 1.58 bits per heavy atom. The van der Waals surface area contributed by atoms with Gasteiger partial charge < -0.3 is 9.64 Å². The van der Waals surface area contributed by atoms with Crippen molar-refractivity contribution in [1.29, 1.82) is 0 Å². The molecule has 0 bridgehead atoms. The molecule has 1 aromatic rings. The van der Waals surface area contributed by atoms with E-state index < -0.39 is 0 Å². The van der Waals surface area contributed by atoms with Crippen molar-refractivity contribution in [2.24, 2.45) is 17.8 Å². The highest BCUT2D eigenvalue weighted by molar-refractivity contribution is 5.91. The molecule has 0 aromatic heterocycles. The summed E-state index contributed by atoms with van der Waals surface area (Å²) in [6, 6.07) is 8.71. The summed E-state index contributed by atoms with van der Waals surface area (Å²) < 4.78 is 5.86. The van der Waals surface area contributed by atoms with Gasteiger partial charge in [-0.2, -0.15) is 0 Å². The number of unbranched alkanes of at least 4 members (excludes halogenated alkanes) is 2. The largest absolute Gasteiger partial charge is 0.492 e. The van der Waals surface area contributed by atoms with Crippen molar-refractivity contribution in [3.05, 3.63) is 42.0 Å². The Balaban J connectivity index is 1.36. The highest BCUT2D eigenvalue weighted by Crippen LogP contribution is 2.44. The Morgan fingerprint density at radius 1 is 0.970 bits per heavy atom. The van der Waals surface area contributed by atoms with E-state index >= 15 is 0 Å². The van der Waals surface area contributed by atoms with Gasteiger partial charge in [-0.15, -0.1) is 0 Å². The van der Waals surface area contributed by atoms with Crippen LogP contribution >= 0.6 is 0 Å². The average molecular weight is 454 g/mol. The maximum atomic E-state index is 11.9. The van der Waals surface area contributed by atoms with Crippen LogP contribution in [-0.4, -0.2) is 31.0 Å². The summed E-state index contributed by atoms with van der Waals surface area (Å²) in [4.78, 5) is 13.5. The Labute approximate surface area is 203 Å². The second-order valence-corrected chi connectivity index (χ2v) is 10.8. The molecular weight excluding hydrogens is 406 g/mol. The molecular formula is C30H47NO2. The molecule has 2 saturated carbocycles. The summed E-state index contributed by atoms with van der Waals surface area (Å²) in [6.07, 6.45) is 17.2. The first-order chi connectivity index (χ1) is 16.0. The van der Waals surface area contributed by atoms with Crippen LogP contribution in [0.2, 0.25) is 0 Å². The van der Waals surface area contributed by atoms with Crippen LogP contribution in [0.4, 0.5) is 0 Å². The van der Waals surface area contributed by atoms with Crippen molar-refractivity contribution in [3.63, 3.8) is 0 Å². The Kier molecular flexibility index (Phi) is 10.3. The molecule has 0 unspecified atom stereocenters. The predicted molar refractivity (Wildman–Crippen MR) is 139 cm³/mol. The topological polar surface area (TPSA) is 29.5 Å². The van der Waals surface area contributed by atoms with Gasteiger partial charge in [-0.1, -0.05) is 64.2 Å². The fourth-order valence-electron chi connectivity index (χ4n) is 6.12. The molecule has 0 N–H and O–H groups in total. The smallest absolute Gasteiger partial charge is 0.248 e. The van der Waals surface area contributed by atoms with E-state index in [-0.39, 0.29) is 5.91 Å². The number of benzene rings is 1. The van der Waals surface area contributed by atoms with Crippen LogP contribution in [0.15, 0.2) is 36.4 Å². The molecule has 3 heteroatoms. The number of nitrogens with zero attached hydrogens (tertiary/aromatic N) is 1. The number of ether oxygens (including phenoxy) is 1. The van der Waals surface area contributed by atoms with Crippen LogP contribution in [0.5, 0.6) is 5.75 Å².